The van der Waals surface area contributed by atoms with E-state index in [9.17, 15) is 4.79 Å². The van der Waals surface area contributed by atoms with Gasteiger partial charge in [0.1, 0.15) is 6.10 Å². The minimum absolute atomic E-state index is 0.00554. The van der Waals surface area contributed by atoms with Gasteiger partial charge >= 0.3 is 6.03 Å². The molecule has 3 atom stereocenters. The highest BCUT2D eigenvalue weighted by Gasteiger charge is 2.46. The zero-order chi connectivity index (χ0) is 16.4. The summed E-state index contributed by atoms with van der Waals surface area (Å²) in [6.07, 6.45) is 5.97. The van der Waals surface area contributed by atoms with Gasteiger partial charge in [0.25, 0.3) is 0 Å². The van der Waals surface area contributed by atoms with E-state index >= 15 is 0 Å². The van der Waals surface area contributed by atoms with E-state index in [0.717, 1.165) is 44.5 Å². The van der Waals surface area contributed by atoms with Crippen LogP contribution in [-0.2, 0) is 16.1 Å². The van der Waals surface area contributed by atoms with Crippen LogP contribution in [0.1, 0.15) is 31.4 Å². The molecule has 2 aliphatic heterocycles. The van der Waals surface area contributed by atoms with Crippen LogP contribution in [0.25, 0.3) is 0 Å². The van der Waals surface area contributed by atoms with Gasteiger partial charge in [-0.1, -0.05) is 6.07 Å². The largest absolute Gasteiger partial charge is 0.372 e. The number of rotatable bonds is 3. The molecule has 130 valence electrons. The predicted molar refractivity (Wildman–Crippen MR) is 88.5 cm³/mol. The summed E-state index contributed by atoms with van der Waals surface area (Å²) in [5.74, 6) is 0. The Morgan fingerprint density at radius 3 is 2.92 bits per heavy atom. The van der Waals surface area contributed by atoms with Gasteiger partial charge in [-0.25, -0.2) is 4.79 Å². The number of carbonyl (C=O) groups is 1. The molecule has 6 heteroatoms. The summed E-state index contributed by atoms with van der Waals surface area (Å²) in [5.41, 5.74) is 0.932. The Morgan fingerprint density at radius 2 is 2.12 bits per heavy atom. The van der Waals surface area contributed by atoms with Crippen molar-refractivity contribution in [1.29, 1.82) is 0 Å². The topological polar surface area (TPSA) is 54.9 Å². The molecule has 1 aromatic heterocycles. The van der Waals surface area contributed by atoms with Crippen molar-refractivity contribution in [2.45, 2.75) is 50.5 Å². The van der Waals surface area contributed by atoms with Gasteiger partial charge in [0.15, 0.2) is 0 Å². The van der Waals surface area contributed by atoms with Gasteiger partial charge in [-0.2, -0.15) is 0 Å². The lowest BCUT2D eigenvalue weighted by Gasteiger charge is -2.40. The monoisotopic (exact) mass is 331 g/mol. The highest BCUT2D eigenvalue weighted by molar-refractivity contribution is 5.75. The van der Waals surface area contributed by atoms with E-state index in [1.807, 2.05) is 28.0 Å². The lowest BCUT2D eigenvalue weighted by atomic mass is 10.1. The molecule has 0 bridgehead atoms. The third kappa shape index (κ3) is 3.13. The minimum Gasteiger partial charge on any atom is -0.372 e. The Balaban J connectivity index is 1.38. The first kappa shape index (κ1) is 15.8. The molecule has 3 fully saturated rings. The molecular weight excluding hydrogens is 306 g/mol. The third-order valence-corrected chi connectivity index (χ3v) is 5.33. The maximum absolute atomic E-state index is 12.8. The number of carbonyl (C=O) groups excluding carboxylic acids is 1. The summed E-state index contributed by atoms with van der Waals surface area (Å²) in [6.45, 7) is 3.59. The average molecular weight is 331 g/mol. The van der Waals surface area contributed by atoms with E-state index in [-0.39, 0.29) is 24.3 Å². The van der Waals surface area contributed by atoms with E-state index in [4.69, 9.17) is 9.47 Å². The molecule has 0 aromatic carbocycles. The van der Waals surface area contributed by atoms with Crippen molar-refractivity contribution in [3.63, 3.8) is 0 Å². The number of morpholine rings is 1. The lowest BCUT2D eigenvalue weighted by molar-refractivity contribution is -0.109. The Hall–Kier alpha value is -1.66. The summed E-state index contributed by atoms with van der Waals surface area (Å²) >= 11 is 0. The van der Waals surface area contributed by atoms with Gasteiger partial charge in [-0.15, -0.1) is 0 Å². The first-order valence-electron chi connectivity index (χ1n) is 9.01. The normalized spacial score (nSPS) is 29.8. The molecule has 0 spiro atoms. The van der Waals surface area contributed by atoms with Crippen molar-refractivity contribution in [2.75, 3.05) is 26.2 Å². The molecule has 6 nitrogen and oxygen atoms in total. The smallest absolute Gasteiger partial charge is 0.320 e. The Labute approximate surface area is 142 Å². The maximum atomic E-state index is 12.8. The molecule has 24 heavy (non-hydrogen) atoms. The summed E-state index contributed by atoms with van der Waals surface area (Å²) in [4.78, 5) is 21.1. The predicted octanol–water partition coefficient (Wildman–Crippen LogP) is 2.05. The molecule has 1 aliphatic carbocycles. The average Bonchev–Trinajstić information content (AvgIpc) is 3.30. The van der Waals surface area contributed by atoms with E-state index in [1.165, 1.54) is 0 Å². The molecule has 1 aromatic rings. The zero-order valence-corrected chi connectivity index (χ0v) is 14.0. The van der Waals surface area contributed by atoms with Crippen molar-refractivity contribution < 1.29 is 14.3 Å². The quantitative estimate of drug-likeness (QED) is 0.851. The van der Waals surface area contributed by atoms with E-state index in [2.05, 4.69) is 4.98 Å². The number of fused-ring (bicyclic) bond motifs is 1. The summed E-state index contributed by atoms with van der Waals surface area (Å²) in [5, 5.41) is 0. The van der Waals surface area contributed by atoms with Gasteiger partial charge in [0.2, 0.25) is 0 Å². The molecule has 2 amide bonds. The SMILES string of the molecule is O=C(N1CCCC1)N1CCO[C@H]2[C@@H](OCc3ccccn3)CC[C@@H]21. The Bertz CT molecular complexity index is 562. The Kier molecular flexibility index (Phi) is 4.67. The summed E-state index contributed by atoms with van der Waals surface area (Å²) < 4.78 is 12.1. The van der Waals surface area contributed by atoms with Crippen molar-refractivity contribution in [3.8, 4) is 0 Å². The van der Waals surface area contributed by atoms with Crippen LogP contribution >= 0.6 is 0 Å². The van der Waals surface area contributed by atoms with E-state index in [0.29, 0.717) is 19.8 Å². The Morgan fingerprint density at radius 1 is 1.25 bits per heavy atom. The molecule has 1 saturated carbocycles. The number of hydrogen-bond acceptors (Lipinski definition) is 4. The van der Waals surface area contributed by atoms with Crippen molar-refractivity contribution in [3.05, 3.63) is 30.1 Å². The fourth-order valence-corrected chi connectivity index (χ4v) is 4.10. The zero-order valence-electron chi connectivity index (χ0n) is 14.0. The molecule has 4 rings (SSSR count). The second kappa shape index (κ2) is 7.07. The molecular formula is C18H25N3O3. The number of ether oxygens (including phenoxy) is 2. The van der Waals surface area contributed by atoms with Crippen LogP contribution in [0.4, 0.5) is 4.79 Å². The van der Waals surface area contributed by atoms with E-state index in [1.54, 1.807) is 6.20 Å². The summed E-state index contributed by atoms with van der Waals surface area (Å²) in [7, 11) is 0. The fourth-order valence-electron chi connectivity index (χ4n) is 4.10. The van der Waals surface area contributed by atoms with Crippen LogP contribution in [0.2, 0.25) is 0 Å². The fraction of sp³-hybridized carbons (Fsp3) is 0.667. The number of amides is 2. The summed E-state index contributed by atoms with van der Waals surface area (Å²) in [6, 6.07) is 6.19. The highest BCUT2D eigenvalue weighted by Crippen LogP contribution is 2.33. The van der Waals surface area contributed by atoms with Crippen LogP contribution in [-0.4, -0.2) is 65.3 Å². The molecule has 2 saturated heterocycles. The second-order valence-corrected chi connectivity index (χ2v) is 6.82. The standard InChI is InChI=1S/C18H25N3O3/c22-18(20-9-3-4-10-20)21-11-12-23-17-15(21)6-7-16(17)24-13-14-5-1-2-8-19-14/h1-2,5,8,15-17H,3-4,6-7,9-13H2/t15-,16-,17+/m0/s1. The van der Waals surface area contributed by atoms with Gasteiger partial charge < -0.3 is 19.3 Å². The molecule has 3 heterocycles. The number of aromatic nitrogens is 1. The van der Waals surface area contributed by atoms with Crippen LogP contribution in [0.3, 0.4) is 0 Å². The van der Waals surface area contributed by atoms with Gasteiger partial charge in [-0.05, 0) is 37.8 Å². The van der Waals surface area contributed by atoms with Crippen LogP contribution < -0.4 is 0 Å². The first-order chi connectivity index (χ1) is 11.8. The molecule has 0 N–H and O–H groups in total. The lowest BCUT2D eigenvalue weighted by Crippen LogP contribution is -2.56. The van der Waals surface area contributed by atoms with Crippen LogP contribution in [0.15, 0.2) is 24.4 Å². The first-order valence-corrected chi connectivity index (χ1v) is 9.01. The van der Waals surface area contributed by atoms with Crippen molar-refractivity contribution in [1.82, 2.24) is 14.8 Å². The molecule has 0 unspecified atom stereocenters. The van der Waals surface area contributed by atoms with Crippen LogP contribution in [0.5, 0.6) is 0 Å². The number of pyridine rings is 1. The number of urea groups is 1. The van der Waals surface area contributed by atoms with Crippen LogP contribution in [0, 0.1) is 0 Å². The van der Waals surface area contributed by atoms with E-state index < -0.39 is 0 Å². The highest BCUT2D eigenvalue weighted by atomic mass is 16.5. The second-order valence-electron chi connectivity index (χ2n) is 6.82. The van der Waals surface area contributed by atoms with Gasteiger partial charge in [0.05, 0.1) is 31.1 Å². The third-order valence-electron chi connectivity index (χ3n) is 5.33. The minimum atomic E-state index is -0.00554. The molecule has 3 aliphatic rings. The number of hydrogen-bond donors (Lipinski definition) is 0. The number of likely N-dealkylation sites (tertiary alicyclic amines) is 1. The maximum Gasteiger partial charge on any atom is 0.320 e. The molecule has 0 radical (unpaired) electrons. The number of nitrogens with zero attached hydrogens (tertiary/aromatic N) is 3. The van der Waals surface area contributed by atoms with Crippen molar-refractivity contribution >= 4 is 6.03 Å². The van der Waals surface area contributed by atoms with Gasteiger partial charge in [-0.3, -0.25) is 4.98 Å². The van der Waals surface area contributed by atoms with Crippen molar-refractivity contribution in [2.24, 2.45) is 0 Å². The van der Waals surface area contributed by atoms with Gasteiger partial charge in [0, 0.05) is 25.8 Å².